The number of hydrogen-bond donors (Lipinski definition) is 2. The molecule has 1 saturated heterocycles. The zero-order valence-corrected chi connectivity index (χ0v) is 20.9. The third-order valence-corrected chi connectivity index (χ3v) is 6.78. The fraction of sp³-hybridized carbons (Fsp3) is 0.250. The van der Waals surface area contributed by atoms with Crippen molar-refractivity contribution in [3.63, 3.8) is 0 Å². The molecule has 180 valence electrons. The second-order valence-corrected chi connectivity index (χ2v) is 9.58. The molecule has 2 N–H and O–H groups in total. The van der Waals surface area contributed by atoms with E-state index >= 15 is 0 Å². The number of carbonyl (C=O) groups excluding carboxylic acids is 3. The monoisotopic (exact) mass is 533 g/mol. The van der Waals surface area contributed by atoms with E-state index in [1.165, 1.54) is 0 Å². The summed E-state index contributed by atoms with van der Waals surface area (Å²) < 4.78 is 0.858. The van der Waals surface area contributed by atoms with Crippen molar-refractivity contribution in [3.05, 3.63) is 106 Å². The normalized spacial score (nSPS) is 14.7. The first kappa shape index (κ1) is 24.7. The summed E-state index contributed by atoms with van der Waals surface area (Å²) in [4.78, 5) is 40.9. The molecule has 3 aromatic carbocycles. The summed E-state index contributed by atoms with van der Waals surface area (Å²) in [5.41, 5.74) is 2.13. The van der Waals surface area contributed by atoms with Gasteiger partial charge < -0.3 is 15.5 Å². The van der Waals surface area contributed by atoms with Gasteiger partial charge in [-0.1, -0.05) is 70.5 Å². The maximum Gasteiger partial charge on any atom is 0.253 e. The van der Waals surface area contributed by atoms with Gasteiger partial charge in [0.25, 0.3) is 11.8 Å². The van der Waals surface area contributed by atoms with Gasteiger partial charge >= 0.3 is 0 Å². The van der Waals surface area contributed by atoms with Crippen molar-refractivity contribution in [2.45, 2.75) is 25.4 Å². The van der Waals surface area contributed by atoms with Crippen LogP contribution >= 0.6 is 15.9 Å². The van der Waals surface area contributed by atoms with Crippen molar-refractivity contribution in [2.75, 3.05) is 13.1 Å². The molecule has 0 aliphatic carbocycles. The largest absolute Gasteiger partial charge is 0.350 e. The Morgan fingerprint density at radius 1 is 0.857 bits per heavy atom. The van der Waals surface area contributed by atoms with Crippen LogP contribution in [0, 0.1) is 5.92 Å². The first-order chi connectivity index (χ1) is 17.0. The maximum atomic E-state index is 13.2. The number of nitrogens with zero attached hydrogens (tertiary/aromatic N) is 1. The molecule has 0 bridgehead atoms. The molecule has 1 heterocycles. The molecule has 1 aliphatic rings. The van der Waals surface area contributed by atoms with Crippen LogP contribution in [-0.4, -0.2) is 41.8 Å². The highest BCUT2D eigenvalue weighted by Gasteiger charge is 2.34. The van der Waals surface area contributed by atoms with Gasteiger partial charge in [-0.05, 0) is 54.7 Å². The van der Waals surface area contributed by atoms with Gasteiger partial charge in [-0.15, -0.1) is 0 Å². The van der Waals surface area contributed by atoms with E-state index in [1.807, 2.05) is 59.5 Å². The summed E-state index contributed by atoms with van der Waals surface area (Å²) in [7, 11) is 0. The Labute approximate surface area is 213 Å². The van der Waals surface area contributed by atoms with Gasteiger partial charge in [0.1, 0.15) is 6.04 Å². The molecule has 0 spiro atoms. The predicted octanol–water partition coefficient (Wildman–Crippen LogP) is 4.42. The van der Waals surface area contributed by atoms with Crippen LogP contribution in [-0.2, 0) is 11.3 Å². The van der Waals surface area contributed by atoms with Crippen LogP contribution in [0.1, 0.15) is 39.1 Å². The number of carbonyl (C=O) groups is 3. The Kier molecular flexibility index (Phi) is 8.32. The van der Waals surface area contributed by atoms with E-state index in [4.69, 9.17) is 0 Å². The highest BCUT2D eigenvalue weighted by molar-refractivity contribution is 9.10. The standard InChI is InChI=1S/C28H28BrN3O3/c29-24-13-7-12-23(18-24)28(35)32-16-14-21(15-17-32)25(31-26(33)22-10-5-2-6-11-22)27(34)30-19-20-8-3-1-4-9-20/h1-13,18,21,25H,14-17,19H2,(H,30,34)(H,31,33). The van der Waals surface area contributed by atoms with Gasteiger partial charge in [-0.2, -0.15) is 0 Å². The molecule has 0 aromatic heterocycles. The fourth-order valence-corrected chi connectivity index (χ4v) is 4.75. The lowest BCUT2D eigenvalue weighted by molar-refractivity contribution is -0.124. The molecular weight excluding hydrogens is 506 g/mol. The number of rotatable bonds is 7. The van der Waals surface area contributed by atoms with Gasteiger partial charge in [-0.25, -0.2) is 0 Å². The Morgan fingerprint density at radius 3 is 2.14 bits per heavy atom. The second kappa shape index (κ2) is 11.8. The summed E-state index contributed by atoms with van der Waals surface area (Å²) in [5.74, 6) is -0.596. The first-order valence-electron chi connectivity index (χ1n) is 11.7. The van der Waals surface area contributed by atoms with Crippen molar-refractivity contribution in [1.29, 1.82) is 0 Å². The molecule has 1 fully saturated rings. The number of benzene rings is 3. The highest BCUT2D eigenvalue weighted by Crippen LogP contribution is 2.24. The summed E-state index contributed by atoms with van der Waals surface area (Å²) in [6, 6.07) is 25.2. The van der Waals surface area contributed by atoms with Crippen LogP contribution in [0.5, 0.6) is 0 Å². The van der Waals surface area contributed by atoms with E-state index in [-0.39, 0.29) is 23.6 Å². The molecule has 1 atom stereocenters. The Balaban J connectivity index is 1.44. The molecule has 0 radical (unpaired) electrons. The van der Waals surface area contributed by atoms with Crippen molar-refractivity contribution in [2.24, 2.45) is 5.92 Å². The SMILES string of the molecule is O=C(NC(C(=O)NCc1ccccc1)C1CCN(C(=O)c2cccc(Br)c2)CC1)c1ccccc1. The van der Waals surface area contributed by atoms with Gasteiger partial charge in [0.05, 0.1) is 0 Å². The van der Waals surface area contributed by atoms with E-state index in [9.17, 15) is 14.4 Å². The maximum absolute atomic E-state index is 13.2. The average Bonchev–Trinajstić information content (AvgIpc) is 2.91. The van der Waals surface area contributed by atoms with Gasteiger partial charge in [0, 0.05) is 35.2 Å². The van der Waals surface area contributed by atoms with Crippen LogP contribution in [0.2, 0.25) is 0 Å². The Morgan fingerprint density at radius 2 is 1.49 bits per heavy atom. The molecule has 1 aliphatic heterocycles. The lowest BCUT2D eigenvalue weighted by Gasteiger charge is -2.36. The zero-order valence-electron chi connectivity index (χ0n) is 19.3. The first-order valence-corrected chi connectivity index (χ1v) is 12.5. The van der Waals surface area contributed by atoms with E-state index in [0.717, 1.165) is 10.0 Å². The fourth-order valence-electron chi connectivity index (χ4n) is 4.35. The zero-order chi connectivity index (χ0) is 24.6. The molecule has 0 saturated carbocycles. The minimum Gasteiger partial charge on any atom is -0.350 e. The van der Waals surface area contributed by atoms with Crippen LogP contribution in [0.3, 0.4) is 0 Å². The number of nitrogens with one attached hydrogen (secondary N) is 2. The van der Waals surface area contributed by atoms with E-state index in [2.05, 4.69) is 26.6 Å². The summed E-state index contributed by atoms with van der Waals surface area (Å²) in [6.45, 7) is 1.44. The number of amides is 3. The molecule has 35 heavy (non-hydrogen) atoms. The molecule has 3 amide bonds. The molecular formula is C28H28BrN3O3. The van der Waals surface area contributed by atoms with Crippen molar-refractivity contribution < 1.29 is 14.4 Å². The van der Waals surface area contributed by atoms with Crippen LogP contribution in [0.4, 0.5) is 0 Å². The minimum atomic E-state index is -0.686. The predicted molar refractivity (Wildman–Crippen MR) is 139 cm³/mol. The molecule has 4 rings (SSSR count). The molecule has 3 aromatic rings. The third-order valence-electron chi connectivity index (χ3n) is 6.28. The lowest BCUT2D eigenvalue weighted by Crippen LogP contribution is -2.53. The third kappa shape index (κ3) is 6.57. The highest BCUT2D eigenvalue weighted by atomic mass is 79.9. The van der Waals surface area contributed by atoms with Crippen LogP contribution < -0.4 is 10.6 Å². The number of piperidine rings is 1. The van der Waals surface area contributed by atoms with Gasteiger partial charge in [0.2, 0.25) is 5.91 Å². The number of halogens is 1. The van der Waals surface area contributed by atoms with E-state index in [0.29, 0.717) is 43.6 Å². The molecule has 6 nitrogen and oxygen atoms in total. The van der Waals surface area contributed by atoms with Crippen molar-refractivity contribution in [3.8, 4) is 0 Å². The minimum absolute atomic E-state index is 0.0249. The topological polar surface area (TPSA) is 78.5 Å². The smallest absolute Gasteiger partial charge is 0.253 e. The number of likely N-dealkylation sites (tertiary alicyclic amines) is 1. The Hall–Kier alpha value is -3.45. The quantitative estimate of drug-likeness (QED) is 0.471. The average molecular weight is 534 g/mol. The van der Waals surface area contributed by atoms with E-state index < -0.39 is 6.04 Å². The second-order valence-electron chi connectivity index (χ2n) is 8.66. The summed E-state index contributed by atoms with van der Waals surface area (Å²) in [5, 5.41) is 5.94. The van der Waals surface area contributed by atoms with Gasteiger partial charge in [0.15, 0.2) is 0 Å². The van der Waals surface area contributed by atoms with Gasteiger partial charge in [-0.3, -0.25) is 14.4 Å². The Bertz CT molecular complexity index is 1160. The molecule has 1 unspecified atom stereocenters. The van der Waals surface area contributed by atoms with Crippen molar-refractivity contribution in [1.82, 2.24) is 15.5 Å². The summed E-state index contributed by atoms with van der Waals surface area (Å²) in [6.07, 6.45) is 1.25. The summed E-state index contributed by atoms with van der Waals surface area (Å²) >= 11 is 3.42. The molecule has 7 heteroatoms. The van der Waals surface area contributed by atoms with E-state index in [1.54, 1.807) is 30.3 Å². The van der Waals surface area contributed by atoms with Crippen LogP contribution in [0.15, 0.2) is 89.4 Å². The van der Waals surface area contributed by atoms with Crippen molar-refractivity contribution >= 4 is 33.7 Å². The van der Waals surface area contributed by atoms with Crippen LogP contribution in [0.25, 0.3) is 0 Å². The lowest BCUT2D eigenvalue weighted by atomic mass is 9.88. The number of hydrogen-bond acceptors (Lipinski definition) is 3.